The van der Waals surface area contributed by atoms with Crippen LogP contribution in [0.5, 0.6) is 0 Å². The number of hydrogen-bond acceptors (Lipinski definition) is 4. The number of hydrogen-bond donors (Lipinski definition) is 3. The molecule has 0 aromatic heterocycles. The maximum absolute atomic E-state index is 12.9. The number of ether oxygens (including phenoxy) is 1. The van der Waals surface area contributed by atoms with E-state index in [0.29, 0.717) is 19.3 Å². The first-order valence-corrected chi connectivity index (χ1v) is 12.6. The van der Waals surface area contributed by atoms with Crippen LogP contribution in [-0.4, -0.2) is 41.8 Å². The summed E-state index contributed by atoms with van der Waals surface area (Å²) in [5.41, 5.74) is 4.13. The Kier molecular flexibility index (Phi) is 6.26. The molecule has 0 bridgehead atoms. The number of carbonyl (C=O) groups excluding carboxylic acids is 2. The third kappa shape index (κ3) is 4.40. The topological polar surface area (TPSA) is 105 Å². The first-order chi connectivity index (χ1) is 16.9. The molecule has 2 saturated carbocycles. The summed E-state index contributed by atoms with van der Waals surface area (Å²) < 4.78 is 5.66. The van der Waals surface area contributed by atoms with E-state index in [4.69, 9.17) is 4.74 Å². The van der Waals surface area contributed by atoms with E-state index in [2.05, 4.69) is 34.9 Å². The molecule has 3 N–H and O–H groups in total. The van der Waals surface area contributed by atoms with Crippen molar-refractivity contribution in [2.45, 2.75) is 63.5 Å². The maximum atomic E-state index is 12.9. The van der Waals surface area contributed by atoms with Gasteiger partial charge in [-0.15, -0.1) is 0 Å². The van der Waals surface area contributed by atoms with Crippen LogP contribution in [0.1, 0.15) is 62.5 Å². The van der Waals surface area contributed by atoms with Crippen LogP contribution in [0.4, 0.5) is 4.79 Å². The molecule has 0 aliphatic heterocycles. The number of aliphatic carboxylic acids is 1. The van der Waals surface area contributed by atoms with Crippen molar-refractivity contribution in [2.75, 3.05) is 6.61 Å². The third-order valence-electron chi connectivity index (χ3n) is 7.98. The number of carboxylic acids is 1. The van der Waals surface area contributed by atoms with Gasteiger partial charge in [-0.05, 0) is 53.9 Å². The van der Waals surface area contributed by atoms with Gasteiger partial charge < -0.3 is 20.5 Å². The van der Waals surface area contributed by atoms with Gasteiger partial charge in [-0.3, -0.25) is 4.79 Å². The van der Waals surface area contributed by atoms with Crippen LogP contribution >= 0.6 is 0 Å². The van der Waals surface area contributed by atoms with Crippen molar-refractivity contribution in [1.82, 2.24) is 10.6 Å². The van der Waals surface area contributed by atoms with Crippen molar-refractivity contribution in [3.63, 3.8) is 0 Å². The lowest BCUT2D eigenvalue weighted by Gasteiger charge is -2.21. The molecule has 0 saturated heterocycles. The first-order valence-electron chi connectivity index (χ1n) is 12.6. The number of unbranched alkanes of at least 4 members (excludes halogenated alkanes) is 1. The second-order valence-corrected chi connectivity index (χ2v) is 10.2. The highest BCUT2D eigenvalue weighted by molar-refractivity contribution is 5.90. The lowest BCUT2D eigenvalue weighted by Crippen LogP contribution is -2.45. The van der Waals surface area contributed by atoms with Crippen molar-refractivity contribution < 1.29 is 24.2 Å². The van der Waals surface area contributed by atoms with Gasteiger partial charge in [-0.1, -0.05) is 68.3 Å². The summed E-state index contributed by atoms with van der Waals surface area (Å²) >= 11 is 0. The largest absolute Gasteiger partial charge is 0.480 e. The number of carbonyl (C=O) groups is 3. The van der Waals surface area contributed by atoms with Crippen molar-refractivity contribution >= 4 is 18.0 Å². The number of benzene rings is 2. The van der Waals surface area contributed by atoms with E-state index in [-0.39, 0.29) is 30.4 Å². The molecule has 2 fully saturated rings. The Hall–Kier alpha value is -3.35. The van der Waals surface area contributed by atoms with Gasteiger partial charge in [0.25, 0.3) is 0 Å². The molecular weight excluding hydrogens is 444 g/mol. The zero-order valence-electron chi connectivity index (χ0n) is 20.0. The van der Waals surface area contributed by atoms with E-state index >= 15 is 0 Å². The molecule has 0 heterocycles. The lowest BCUT2D eigenvalue weighted by atomic mass is 9.98. The molecule has 2 aromatic rings. The average molecular weight is 477 g/mol. The molecule has 0 spiro atoms. The molecule has 4 atom stereocenters. The number of rotatable bonds is 9. The van der Waals surface area contributed by atoms with Crippen LogP contribution in [0.25, 0.3) is 11.1 Å². The first kappa shape index (κ1) is 23.4. The lowest BCUT2D eigenvalue weighted by molar-refractivity contribution is -0.143. The second kappa shape index (κ2) is 9.36. The van der Waals surface area contributed by atoms with Gasteiger partial charge in [0.1, 0.15) is 12.6 Å². The van der Waals surface area contributed by atoms with Crippen LogP contribution in [-0.2, 0) is 14.3 Å². The maximum Gasteiger partial charge on any atom is 0.407 e. The third-order valence-corrected chi connectivity index (χ3v) is 7.98. The Morgan fingerprint density at radius 3 is 2.34 bits per heavy atom. The molecule has 2 amide bonds. The SMILES string of the molecule is CCCCC(NC(=O)C12CC(NC(=O)OCC3c4ccccc4-c4ccccc43)CC1C2)C(=O)O. The van der Waals surface area contributed by atoms with E-state index < -0.39 is 23.5 Å². The summed E-state index contributed by atoms with van der Waals surface area (Å²) in [4.78, 5) is 37.1. The quantitative estimate of drug-likeness (QED) is 0.496. The summed E-state index contributed by atoms with van der Waals surface area (Å²) in [6.45, 7) is 2.24. The van der Waals surface area contributed by atoms with E-state index in [0.717, 1.165) is 30.4 Å². The molecule has 5 rings (SSSR count). The Bertz CT molecular complexity index is 1100. The van der Waals surface area contributed by atoms with Gasteiger partial charge in [-0.2, -0.15) is 0 Å². The van der Waals surface area contributed by atoms with Gasteiger partial charge in [-0.25, -0.2) is 9.59 Å². The predicted octanol–water partition coefficient (Wildman–Crippen LogP) is 4.45. The van der Waals surface area contributed by atoms with Crippen LogP contribution in [0.15, 0.2) is 48.5 Å². The van der Waals surface area contributed by atoms with Crippen molar-refractivity contribution in [2.24, 2.45) is 11.3 Å². The Labute approximate surface area is 205 Å². The standard InChI is InChI=1S/C28H32N2O5/c1-2-3-12-24(25(31)32)30-26(33)28-14-17(28)13-18(15-28)29-27(34)35-16-23-21-10-6-4-8-19(21)20-9-5-7-11-22(20)23/h4-11,17-18,23-24H,2-3,12-16H2,1H3,(H,29,34)(H,30,33)(H,31,32). The predicted molar refractivity (Wildman–Crippen MR) is 131 cm³/mol. The molecule has 0 radical (unpaired) electrons. The fraction of sp³-hybridized carbons (Fsp3) is 0.464. The van der Waals surface area contributed by atoms with Crippen molar-refractivity contribution in [3.8, 4) is 11.1 Å². The summed E-state index contributed by atoms with van der Waals surface area (Å²) in [6, 6.07) is 15.4. The highest BCUT2D eigenvalue weighted by atomic mass is 16.5. The number of amides is 2. The van der Waals surface area contributed by atoms with Crippen LogP contribution in [0.2, 0.25) is 0 Å². The van der Waals surface area contributed by atoms with Gasteiger partial charge in [0.15, 0.2) is 0 Å². The highest BCUT2D eigenvalue weighted by Crippen LogP contribution is 2.63. The van der Waals surface area contributed by atoms with Crippen molar-refractivity contribution in [1.29, 1.82) is 0 Å². The molecule has 2 aromatic carbocycles. The molecule has 3 aliphatic carbocycles. The van der Waals surface area contributed by atoms with Gasteiger partial charge in [0.05, 0.1) is 5.41 Å². The number of nitrogens with one attached hydrogen (secondary N) is 2. The van der Waals surface area contributed by atoms with Gasteiger partial charge in [0.2, 0.25) is 5.91 Å². The van der Waals surface area contributed by atoms with Crippen LogP contribution in [0.3, 0.4) is 0 Å². The monoisotopic (exact) mass is 476 g/mol. The zero-order valence-corrected chi connectivity index (χ0v) is 20.0. The summed E-state index contributed by atoms with van der Waals surface area (Å²) in [5, 5.41) is 15.1. The smallest absolute Gasteiger partial charge is 0.407 e. The molecular formula is C28H32N2O5. The number of carboxylic acid groups (broad SMARTS) is 1. The Morgan fingerprint density at radius 2 is 1.71 bits per heavy atom. The van der Waals surface area contributed by atoms with E-state index in [1.165, 1.54) is 11.1 Å². The van der Waals surface area contributed by atoms with E-state index in [1.54, 1.807) is 0 Å². The second-order valence-electron chi connectivity index (χ2n) is 10.2. The molecule has 3 aliphatic rings. The Balaban J connectivity index is 1.15. The number of fused-ring (bicyclic) bond motifs is 4. The minimum Gasteiger partial charge on any atom is -0.480 e. The zero-order chi connectivity index (χ0) is 24.6. The van der Waals surface area contributed by atoms with Crippen molar-refractivity contribution in [3.05, 3.63) is 59.7 Å². The Morgan fingerprint density at radius 1 is 1.06 bits per heavy atom. The van der Waals surface area contributed by atoms with Crippen LogP contribution < -0.4 is 10.6 Å². The molecule has 7 nitrogen and oxygen atoms in total. The molecule has 184 valence electrons. The number of alkyl carbamates (subject to hydrolysis) is 1. The summed E-state index contributed by atoms with van der Waals surface area (Å²) in [5.74, 6) is -1.00. The van der Waals surface area contributed by atoms with Crippen LogP contribution in [0, 0.1) is 11.3 Å². The van der Waals surface area contributed by atoms with Gasteiger partial charge in [0, 0.05) is 12.0 Å². The summed E-state index contributed by atoms with van der Waals surface area (Å²) in [7, 11) is 0. The van der Waals surface area contributed by atoms with E-state index in [9.17, 15) is 19.5 Å². The molecule has 7 heteroatoms. The fourth-order valence-electron chi connectivity index (χ4n) is 6.06. The fourth-order valence-corrected chi connectivity index (χ4v) is 6.06. The molecule has 4 unspecified atom stereocenters. The summed E-state index contributed by atoms with van der Waals surface area (Å²) in [6.07, 6.45) is 3.57. The highest BCUT2D eigenvalue weighted by Gasteiger charge is 2.65. The molecule has 35 heavy (non-hydrogen) atoms. The minimum atomic E-state index is -0.994. The minimum absolute atomic E-state index is 0.00155. The van der Waals surface area contributed by atoms with E-state index in [1.807, 2.05) is 31.2 Å². The average Bonchev–Trinajstić information content (AvgIpc) is 3.28. The normalized spacial score (nSPS) is 24.6. The van der Waals surface area contributed by atoms with Gasteiger partial charge >= 0.3 is 12.1 Å².